The number of para-hydroxylation sites is 1. The van der Waals surface area contributed by atoms with Crippen molar-refractivity contribution in [2.24, 2.45) is 7.05 Å². The predicted molar refractivity (Wildman–Crippen MR) is 111 cm³/mol. The van der Waals surface area contributed by atoms with Gasteiger partial charge in [-0.1, -0.05) is 12.1 Å². The second-order valence-corrected chi connectivity index (χ2v) is 7.53. The van der Waals surface area contributed by atoms with Crippen molar-refractivity contribution in [1.29, 1.82) is 0 Å². The number of aromatic hydroxyl groups is 1. The molecule has 0 amide bonds. The number of aromatic nitrogens is 2. The molecular formula is C21H22N2O6S. The Morgan fingerprint density at radius 3 is 2.77 bits per heavy atom. The van der Waals surface area contributed by atoms with Gasteiger partial charge in [-0.2, -0.15) is 5.10 Å². The first-order valence-corrected chi connectivity index (χ1v) is 10.1. The summed E-state index contributed by atoms with van der Waals surface area (Å²) in [6, 6.07) is 8.75. The molecule has 0 spiro atoms. The van der Waals surface area contributed by atoms with E-state index in [1.165, 1.54) is 24.9 Å². The molecule has 3 rings (SSSR count). The van der Waals surface area contributed by atoms with Crippen molar-refractivity contribution in [2.45, 2.75) is 23.0 Å². The summed E-state index contributed by atoms with van der Waals surface area (Å²) >= 11 is 1.43. The lowest BCUT2D eigenvalue weighted by Gasteiger charge is -2.16. The third kappa shape index (κ3) is 4.85. The number of carbonyl (C=O) groups excluding carboxylic acids is 1. The Morgan fingerprint density at radius 1 is 1.33 bits per heavy atom. The number of ether oxygens (including phenoxy) is 2. The van der Waals surface area contributed by atoms with Crippen LogP contribution in [0, 0.1) is 0 Å². The highest BCUT2D eigenvalue weighted by Gasteiger charge is 2.27. The highest BCUT2D eigenvalue weighted by Crippen LogP contribution is 2.35. The first kappa shape index (κ1) is 21.5. The smallest absolute Gasteiger partial charge is 0.306 e. The second kappa shape index (κ2) is 9.53. The minimum atomic E-state index is -0.713. The lowest BCUT2D eigenvalue weighted by Crippen LogP contribution is -2.13. The first-order valence-electron chi connectivity index (χ1n) is 9.10. The SMILES string of the molecule is COC(=O)C[C@@H](c1cnn(C)c1)c1oc(CSc2ccccc2OC)cc(=O)c1O. The Labute approximate surface area is 177 Å². The van der Waals surface area contributed by atoms with Gasteiger partial charge in [0.05, 0.1) is 38.5 Å². The summed E-state index contributed by atoms with van der Waals surface area (Å²) in [5, 5.41) is 14.5. The van der Waals surface area contributed by atoms with Gasteiger partial charge in [0.25, 0.3) is 0 Å². The van der Waals surface area contributed by atoms with E-state index >= 15 is 0 Å². The Kier molecular flexibility index (Phi) is 6.83. The topological polar surface area (TPSA) is 104 Å². The summed E-state index contributed by atoms with van der Waals surface area (Å²) in [5.41, 5.74) is 0.0431. The van der Waals surface area contributed by atoms with Gasteiger partial charge in [0.1, 0.15) is 11.5 Å². The van der Waals surface area contributed by atoms with Crippen LogP contribution in [0.4, 0.5) is 0 Å². The van der Waals surface area contributed by atoms with Crippen molar-refractivity contribution >= 4 is 17.7 Å². The molecule has 0 bridgehead atoms. The number of esters is 1. The lowest BCUT2D eigenvalue weighted by molar-refractivity contribution is -0.140. The van der Waals surface area contributed by atoms with Gasteiger partial charge in [-0.3, -0.25) is 14.3 Å². The molecule has 0 aliphatic rings. The zero-order valence-corrected chi connectivity index (χ0v) is 17.6. The molecule has 0 fully saturated rings. The molecule has 3 aromatic rings. The van der Waals surface area contributed by atoms with Crippen LogP contribution in [0.2, 0.25) is 0 Å². The zero-order valence-electron chi connectivity index (χ0n) is 16.8. The molecule has 8 nitrogen and oxygen atoms in total. The Bertz CT molecular complexity index is 1090. The molecule has 1 N–H and O–H groups in total. The predicted octanol–water partition coefficient (Wildman–Crippen LogP) is 3.07. The lowest BCUT2D eigenvalue weighted by atomic mass is 9.95. The van der Waals surface area contributed by atoms with Crippen molar-refractivity contribution in [1.82, 2.24) is 9.78 Å². The summed E-state index contributed by atoms with van der Waals surface area (Å²) in [7, 11) is 4.59. The maximum Gasteiger partial charge on any atom is 0.306 e. The van der Waals surface area contributed by atoms with E-state index in [2.05, 4.69) is 5.10 Å². The van der Waals surface area contributed by atoms with Crippen LogP contribution in [0.25, 0.3) is 0 Å². The molecule has 30 heavy (non-hydrogen) atoms. The van der Waals surface area contributed by atoms with Crippen molar-refractivity contribution in [3.63, 3.8) is 0 Å². The number of hydrogen-bond acceptors (Lipinski definition) is 8. The fraction of sp³-hybridized carbons (Fsp3) is 0.286. The quantitative estimate of drug-likeness (QED) is 0.430. The molecule has 0 radical (unpaired) electrons. The monoisotopic (exact) mass is 430 g/mol. The molecule has 1 atom stereocenters. The maximum absolute atomic E-state index is 12.4. The van der Waals surface area contributed by atoms with E-state index in [0.717, 1.165) is 4.90 Å². The van der Waals surface area contributed by atoms with E-state index in [4.69, 9.17) is 13.9 Å². The number of hydrogen-bond donors (Lipinski definition) is 1. The number of aryl methyl sites for hydroxylation is 1. The normalized spacial score (nSPS) is 11.8. The highest BCUT2D eigenvalue weighted by atomic mass is 32.2. The van der Waals surface area contributed by atoms with Gasteiger partial charge < -0.3 is 19.0 Å². The van der Waals surface area contributed by atoms with E-state index in [0.29, 0.717) is 22.8 Å². The van der Waals surface area contributed by atoms with E-state index in [1.807, 2.05) is 24.3 Å². The van der Waals surface area contributed by atoms with Crippen LogP contribution in [-0.2, 0) is 22.3 Å². The fourth-order valence-electron chi connectivity index (χ4n) is 2.98. The minimum Gasteiger partial charge on any atom is -0.502 e. The molecule has 2 aromatic heterocycles. The molecule has 0 saturated heterocycles. The van der Waals surface area contributed by atoms with Crippen LogP contribution in [-0.4, -0.2) is 35.1 Å². The van der Waals surface area contributed by atoms with Crippen molar-refractivity contribution < 1.29 is 23.8 Å². The molecule has 9 heteroatoms. The fourth-order valence-corrected chi connectivity index (χ4v) is 3.89. The van der Waals surface area contributed by atoms with Crippen LogP contribution in [0.5, 0.6) is 11.5 Å². The van der Waals surface area contributed by atoms with Gasteiger partial charge >= 0.3 is 5.97 Å². The summed E-state index contributed by atoms with van der Waals surface area (Å²) in [6.45, 7) is 0. The van der Waals surface area contributed by atoms with E-state index in [9.17, 15) is 14.7 Å². The average molecular weight is 430 g/mol. The zero-order chi connectivity index (χ0) is 21.7. The number of thioether (sulfide) groups is 1. The van der Waals surface area contributed by atoms with Crippen LogP contribution in [0.1, 0.15) is 29.4 Å². The van der Waals surface area contributed by atoms with Gasteiger partial charge in [-0.15, -0.1) is 11.8 Å². The molecule has 158 valence electrons. The number of benzene rings is 1. The molecule has 0 aliphatic heterocycles. The van der Waals surface area contributed by atoms with Crippen LogP contribution in [0.15, 0.2) is 56.8 Å². The molecule has 1 aromatic carbocycles. The molecule has 0 saturated carbocycles. The molecule has 2 heterocycles. The molecule has 0 aliphatic carbocycles. The summed E-state index contributed by atoms with van der Waals surface area (Å²) in [5.74, 6) is -0.323. The van der Waals surface area contributed by atoms with Crippen molar-refractivity contribution in [3.8, 4) is 11.5 Å². The van der Waals surface area contributed by atoms with Gasteiger partial charge in [0.2, 0.25) is 11.2 Å². The minimum absolute atomic E-state index is 0.0107. The number of rotatable bonds is 8. The number of methoxy groups -OCH3 is 2. The van der Waals surface area contributed by atoms with E-state index < -0.39 is 23.1 Å². The van der Waals surface area contributed by atoms with E-state index in [-0.39, 0.29) is 12.2 Å². The van der Waals surface area contributed by atoms with Crippen LogP contribution in [0.3, 0.4) is 0 Å². The van der Waals surface area contributed by atoms with Crippen molar-refractivity contribution in [3.05, 3.63) is 70.0 Å². The van der Waals surface area contributed by atoms with Crippen LogP contribution >= 0.6 is 11.8 Å². The summed E-state index contributed by atoms with van der Waals surface area (Å²) < 4.78 is 17.6. The first-order chi connectivity index (χ1) is 14.4. The maximum atomic E-state index is 12.4. The number of carbonyl (C=O) groups is 1. The van der Waals surface area contributed by atoms with Gasteiger partial charge in [0.15, 0.2) is 5.76 Å². The largest absolute Gasteiger partial charge is 0.502 e. The van der Waals surface area contributed by atoms with E-state index in [1.54, 1.807) is 31.2 Å². The number of nitrogens with zero attached hydrogens (tertiary/aromatic N) is 2. The third-order valence-electron chi connectivity index (χ3n) is 4.48. The third-order valence-corrected chi connectivity index (χ3v) is 5.56. The Balaban J connectivity index is 1.95. The second-order valence-electron chi connectivity index (χ2n) is 6.51. The average Bonchev–Trinajstić information content (AvgIpc) is 3.18. The van der Waals surface area contributed by atoms with Gasteiger partial charge in [0, 0.05) is 29.8 Å². The summed E-state index contributed by atoms with van der Waals surface area (Å²) in [4.78, 5) is 25.3. The Hall–Kier alpha value is -3.20. The van der Waals surface area contributed by atoms with Gasteiger partial charge in [-0.05, 0) is 12.1 Å². The standard InChI is InChI=1S/C21H22N2O6S/c1-23-11-13(10-22-23)15(9-19(25)28-3)21-20(26)16(24)8-14(29-21)12-30-18-7-5-4-6-17(18)27-2/h4-8,10-11,15,26H,9,12H2,1-3H3/t15-/m0/s1. The van der Waals surface area contributed by atoms with Crippen LogP contribution < -0.4 is 10.2 Å². The Morgan fingerprint density at radius 2 is 2.10 bits per heavy atom. The molecular weight excluding hydrogens is 408 g/mol. The van der Waals surface area contributed by atoms with Gasteiger partial charge in [-0.25, -0.2) is 0 Å². The molecule has 0 unspecified atom stereocenters. The van der Waals surface area contributed by atoms with Crippen molar-refractivity contribution in [2.75, 3.05) is 14.2 Å². The summed E-state index contributed by atoms with van der Waals surface area (Å²) in [6.07, 6.45) is 3.15. The highest BCUT2D eigenvalue weighted by molar-refractivity contribution is 7.98.